The molecule has 0 spiro atoms. The van der Waals surface area contributed by atoms with Crippen LogP contribution in [0, 0.1) is 5.92 Å². The highest BCUT2D eigenvalue weighted by Crippen LogP contribution is 2.19. The van der Waals surface area contributed by atoms with Crippen molar-refractivity contribution in [2.45, 2.75) is 17.7 Å². The Morgan fingerprint density at radius 2 is 1.81 bits per heavy atom. The number of carbonyl (C=O) groups is 1. The molecule has 116 valence electrons. The number of likely N-dealkylation sites (tertiary alicyclic amines) is 1. The van der Waals surface area contributed by atoms with Crippen molar-refractivity contribution in [3.8, 4) is 0 Å². The maximum absolute atomic E-state index is 12.2. The Bertz CT molecular complexity index is 592. The third-order valence-electron chi connectivity index (χ3n) is 3.79. The smallest absolute Gasteiger partial charge is 0.306 e. The number of carboxylic acid groups (broad SMARTS) is 1. The van der Waals surface area contributed by atoms with Crippen molar-refractivity contribution < 1.29 is 18.3 Å². The van der Waals surface area contributed by atoms with Crippen LogP contribution in [0.5, 0.6) is 0 Å². The molecule has 0 aromatic heterocycles. The summed E-state index contributed by atoms with van der Waals surface area (Å²) in [4.78, 5) is 13.1. The van der Waals surface area contributed by atoms with Crippen molar-refractivity contribution in [1.29, 1.82) is 0 Å². The van der Waals surface area contributed by atoms with Gasteiger partial charge in [-0.2, -0.15) is 0 Å². The lowest BCUT2D eigenvalue weighted by atomic mass is 9.97. The van der Waals surface area contributed by atoms with Crippen molar-refractivity contribution in [1.82, 2.24) is 4.90 Å². The third-order valence-corrected chi connectivity index (χ3v) is 5.75. The molecule has 21 heavy (non-hydrogen) atoms. The van der Waals surface area contributed by atoms with E-state index in [0.717, 1.165) is 0 Å². The third kappa shape index (κ3) is 4.43. The van der Waals surface area contributed by atoms with Crippen LogP contribution in [0.4, 0.5) is 0 Å². The first kappa shape index (κ1) is 16.3. The lowest BCUT2D eigenvalue weighted by Gasteiger charge is -2.29. The second kappa shape index (κ2) is 6.77. The summed E-state index contributed by atoms with van der Waals surface area (Å²) in [6.45, 7) is 1.69. The Balaban J connectivity index is 1.88. The summed E-state index contributed by atoms with van der Waals surface area (Å²) in [6, 6.07) is 6.14. The predicted octanol–water partition coefficient (Wildman–Crippen LogP) is 1.91. The van der Waals surface area contributed by atoms with Crippen LogP contribution in [-0.2, 0) is 14.6 Å². The van der Waals surface area contributed by atoms with E-state index in [1.165, 1.54) is 12.1 Å². The zero-order valence-corrected chi connectivity index (χ0v) is 13.1. The Morgan fingerprint density at radius 3 is 2.33 bits per heavy atom. The predicted molar refractivity (Wildman–Crippen MR) is 80.3 cm³/mol. The van der Waals surface area contributed by atoms with Crippen LogP contribution >= 0.6 is 11.6 Å². The summed E-state index contributed by atoms with van der Waals surface area (Å²) in [5, 5.41) is 9.43. The van der Waals surface area contributed by atoms with E-state index in [9.17, 15) is 13.2 Å². The Kier molecular flexibility index (Phi) is 5.24. The van der Waals surface area contributed by atoms with E-state index < -0.39 is 15.8 Å². The van der Waals surface area contributed by atoms with Gasteiger partial charge in [0.05, 0.1) is 16.6 Å². The summed E-state index contributed by atoms with van der Waals surface area (Å²) in [5.41, 5.74) is 0. The zero-order chi connectivity index (χ0) is 15.5. The molecule has 1 aromatic rings. The molecule has 0 atom stereocenters. The average molecular weight is 332 g/mol. The number of piperidine rings is 1. The van der Waals surface area contributed by atoms with Gasteiger partial charge in [-0.3, -0.25) is 4.79 Å². The van der Waals surface area contributed by atoms with Gasteiger partial charge in [0.15, 0.2) is 9.84 Å². The number of sulfone groups is 1. The lowest BCUT2D eigenvalue weighted by Crippen LogP contribution is -2.38. The van der Waals surface area contributed by atoms with E-state index in [4.69, 9.17) is 16.7 Å². The molecule has 1 aromatic carbocycles. The second-order valence-corrected chi connectivity index (χ2v) is 7.77. The van der Waals surface area contributed by atoms with Gasteiger partial charge in [0, 0.05) is 11.6 Å². The van der Waals surface area contributed by atoms with E-state index in [-0.39, 0.29) is 16.6 Å². The SMILES string of the molecule is O=C(O)C1CCN(CCS(=O)(=O)c2ccc(Cl)cc2)CC1. The van der Waals surface area contributed by atoms with Gasteiger partial charge in [0.1, 0.15) is 0 Å². The molecule has 0 radical (unpaired) electrons. The quantitative estimate of drug-likeness (QED) is 0.892. The van der Waals surface area contributed by atoms with Gasteiger partial charge in [-0.05, 0) is 50.2 Å². The standard InChI is InChI=1S/C14H18ClNO4S/c15-12-1-3-13(4-2-12)21(19,20)10-9-16-7-5-11(6-8-16)14(17)18/h1-4,11H,5-10H2,(H,17,18). The summed E-state index contributed by atoms with van der Waals surface area (Å²) in [7, 11) is -3.32. The first-order valence-electron chi connectivity index (χ1n) is 6.82. The zero-order valence-electron chi connectivity index (χ0n) is 11.5. The first-order valence-corrected chi connectivity index (χ1v) is 8.85. The van der Waals surface area contributed by atoms with Crippen LogP contribution in [-0.4, -0.2) is 49.8 Å². The number of aliphatic carboxylic acids is 1. The highest BCUT2D eigenvalue weighted by atomic mass is 35.5. The largest absolute Gasteiger partial charge is 0.481 e. The fourth-order valence-electron chi connectivity index (χ4n) is 2.41. The maximum Gasteiger partial charge on any atom is 0.306 e. The average Bonchev–Trinajstić information content (AvgIpc) is 2.46. The normalized spacial score (nSPS) is 17.8. The van der Waals surface area contributed by atoms with Crippen LogP contribution in [0.1, 0.15) is 12.8 Å². The first-order chi connectivity index (χ1) is 9.88. The van der Waals surface area contributed by atoms with Crippen molar-refractivity contribution >= 4 is 27.4 Å². The molecule has 0 unspecified atom stereocenters. The minimum atomic E-state index is -3.32. The molecule has 5 nitrogen and oxygen atoms in total. The fourth-order valence-corrected chi connectivity index (χ4v) is 3.82. The number of nitrogens with zero attached hydrogens (tertiary/aromatic N) is 1. The van der Waals surface area contributed by atoms with E-state index in [1.807, 2.05) is 4.90 Å². The molecule has 7 heteroatoms. The fraction of sp³-hybridized carbons (Fsp3) is 0.500. The molecular weight excluding hydrogens is 314 g/mol. The summed E-state index contributed by atoms with van der Waals surface area (Å²) in [6.07, 6.45) is 1.16. The topological polar surface area (TPSA) is 74.7 Å². The van der Waals surface area contributed by atoms with Crippen molar-refractivity contribution in [2.24, 2.45) is 5.92 Å². The van der Waals surface area contributed by atoms with Crippen LogP contribution in [0.3, 0.4) is 0 Å². The molecule has 1 heterocycles. The van der Waals surface area contributed by atoms with E-state index in [0.29, 0.717) is 37.5 Å². The number of halogens is 1. The van der Waals surface area contributed by atoms with Gasteiger partial charge in [-0.15, -0.1) is 0 Å². The number of hydrogen-bond donors (Lipinski definition) is 1. The minimum absolute atomic E-state index is 0.0341. The van der Waals surface area contributed by atoms with Crippen molar-refractivity contribution in [3.05, 3.63) is 29.3 Å². The highest BCUT2D eigenvalue weighted by Gasteiger charge is 2.25. The molecule has 1 saturated heterocycles. The molecule has 1 N–H and O–H groups in total. The number of hydrogen-bond acceptors (Lipinski definition) is 4. The van der Waals surface area contributed by atoms with Gasteiger partial charge in [-0.1, -0.05) is 11.6 Å². The molecule has 1 aliphatic heterocycles. The molecule has 0 saturated carbocycles. The molecule has 2 rings (SSSR count). The van der Waals surface area contributed by atoms with Gasteiger partial charge in [0.25, 0.3) is 0 Å². The minimum Gasteiger partial charge on any atom is -0.481 e. The second-order valence-electron chi connectivity index (χ2n) is 5.23. The number of carboxylic acids is 1. The van der Waals surface area contributed by atoms with Gasteiger partial charge < -0.3 is 10.0 Å². The van der Waals surface area contributed by atoms with E-state index >= 15 is 0 Å². The Hall–Kier alpha value is -1.11. The maximum atomic E-state index is 12.2. The van der Waals surface area contributed by atoms with Gasteiger partial charge >= 0.3 is 5.97 Å². The van der Waals surface area contributed by atoms with Crippen LogP contribution in [0.25, 0.3) is 0 Å². The Morgan fingerprint density at radius 1 is 1.24 bits per heavy atom. The van der Waals surface area contributed by atoms with Crippen LogP contribution in [0.2, 0.25) is 5.02 Å². The lowest BCUT2D eigenvalue weighted by molar-refractivity contribution is -0.143. The van der Waals surface area contributed by atoms with Crippen molar-refractivity contribution in [3.63, 3.8) is 0 Å². The molecular formula is C14H18ClNO4S. The highest BCUT2D eigenvalue weighted by molar-refractivity contribution is 7.91. The van der Waals surface area contributed by atoms with E-state index in [2.05, 4.69) is 0 Å². The Labute approximate surface area is 129 Å². The molecule has 0 aliphatic carbocycles. The van der Waals surface area contributed by atoms with Gasteiger partial charge in [0.2, 0.25) is 0 Å². The van der Waals surface area contributed by atoms with E-state index in [1.54, 1.807) is 12.1 Å². The summed E-state index contributed by atoms with van der Waals surface area (Å²) >= 11 is 5.75. The molecule has 0 bridgehead atoms. The molecule has 0 amide bonds. The molecule has 1 fully saturated rings. The summed E-state index contributed by atoms with van der Waals surface area (Å²) < 4.78 is 24.4. The number of rotatable bonds is 5. The summed E-state index contributed by atoms with van der Waals surface area (Å²) in [5.74, 6) is -1.02. The monoisotopic (exact) mass is 331 g/mol. The van der Waals surface area contributed by atoms with Crippen molar-refractivity contribution in [2.75, 3.05) is 25.4 Å². The van der Waals surface area contributed by atoms with Crippen LogP contribution < -0.4 is 0 Å². The number of benzene rings is 1. The van der Waals surface area contributed by atoms with Crippen LogP contribution in [0.15, 0.2) is 29.2 Å². The van der Waals surface area contributed by atoms with Gasteiger partial charge in [-0.25, -0.2) is 8.42 Å². The molecule has 1 aliphatic rings.